The first-order valence-corrected chi connectivity index (χ1v) is 8.04. The van der Waals surface area contributed by atoms with Crippen LogP contribution >= 0.6 is 11.6 Å². The molecule has 8 N–H and O–H groups in total. The van der Waals surface area contributed by atoms with Gasteiger partial charge in [-0.05, 0) is 6.42 Å². The van der Waals surface area contributed by atoms with Gasteiger partial charge in [0.2, 0.25) is 0 Å². The summed E-state index contributed by atoms with van der Waals surface area (Å²) >= 11 is 5.38. The topological polar surface area (TPSA) is 201 Å². The number of hydrogen-bond acceptors (Lipinski definition) is 6. The third kappa shape index (κ3) is 2250. The molecule has 0 saturated heterocycles. The standard InChI is InChI=1S/C5H11Cl.C2H8N2.4C2H4O2/c1-2-3-4-5-6;3-1-2-4;4*1-2(3)4/h2-5H2,1H3;1-4H2;4*1H3,(H,3,4). The van der Waals surface area contributed by atoms with Gasteiger partial charge in [-0.1, -0.05) is 19.8 Å². The van der Waals surface area contributed by atoms with E-state index in [-0.39, 0.29) is 0 Å². The molecule has 0 unspecified atom stereocenters. The Bertz CT molecular complexity index is 246. The van der Waals surface area contributed by atoms with E-state index in [4.69, 9.17) is 62.7 Å². The van der Waals surface area contributed by atoms with Gasteiger partial charge in [-0.3, -0.25) is 19.2 Å². The summed E-state index contributed by atoms with van der Waals surface area (Å²) in [5, 5.41) is 29.7. The van der Waals surface area contributed by atoms with E-state index in [0.717, 1.165) is 33.6 Å². The van der Waals surface area contributed by atoms with Crippen LogP contribution in [0.3, 0.4) is 0 Å². The molecule has 0 bridgehead atoms. The zero-order chi connectivity index (χ0) is 22.6. The van der Waals surface area contributed by atoms with Crippen molar-refractivity contribution in [3.05, 3.63) is 0 Å². The minimum absolute atomic E-state index is 0.597. The Labute approximate surface area is 160 Å². The van der Waals surface area contributed by atoms with E-state index in [9.17, 15) is 0 Å². The van der Waals surface area contributed by atoms with Crippen LogP contribution in [-0.2, 0) is 19.2 Å². The Morgan fingerprint density at radius 2 is 0.885 bits per heavy atom. The molecule has 10 nitrogen and oxygen atoms in total. The number of carbonyl (C=O) groups is 4. The molecule has 160 valence electrons. The average molecular weight is 407 g/mol. The Morgan fingerprint density at radius 3 is 0.923 bits per heavy atom. The van der Waals surface area contributed by atoms with E-state index in [2.05, 4.69) is 6.92 Å². The maximum Gasteiger partial charge on any atom is 0.300 e. The summed E-state index contributed by atoms with van der Waals surface area (Å²) in [6, 6.07) is 0. The van der Waals surface area contributed by atoms with Crippen LogP contribution in [0.15, 0.2) is 0 Å². The molecule has 0 aromatic carbocycles. The van der Waals surface area contributed by atoms with Crippen molar-refractivity contribution >= 4 is 35.5 Å². The largest absolute Gasteiger partial charge is 0.481 e. The molecule has 0 heterocycles. The number of carboxylic acid groups (broad SMARTS) is 4. The lowest BCUT2D eigenvalue weighted by Gasteiger charge is -1.84. The van der Waals surface area contributed by atoms with Crippen molar-refractivity contribution in [2.24, 2.45) is 11.5 Å². The number of alkyl halides is 1. The lowest BCUT2D eigenvalue weighted by atomic mass is 10.3. The molecule has 0 aliphatic heterocycles. The molecule has 26 heavy (non-hydrogen) atoms. The van der Waals surface area contributed by atoms with Gasteiger partial charge in [-0.25, -0.2) is 0 Å². The summed E-state index contributed by atoms with van der Waals surface area (Å²) < 4.78 is 0. The minimum atomic E-state index is -0.833. The van der Waals surface area contributed by atoms with Crippen LogP contribution in [-0.4, -0.2) is 63.3 Å². The molecule has 0 atom stereocenters. The molecule has 0 amide bonds. The fourth-order valence-electron chi connectivity index (χ4n) is 0.344. The Balaban J connectivity index is -0.0000000466. The summed E-state index contributed by atoms with van der Waals surface area (Å²) in [5.41, 5.74) is 9.81. The van der Waals surface area contributed by atoms with Crippen molar-refractivity contribution < 1.29 is 39.6 Å². The first-order chi connectivity index (χ1) is 11.8. The van der Waals surface area contributed by atoms with Crippen LogP contribution < -0.4 is 11.5 Å². The number of halogens is 1. The maximum atomic E-state index is 9.00. The summed E-state index contributed by atoms with van der Waals surface area (Å²) in [4.78, 5) is 36.0. The Kier molecular flexibility index (Phi) is 65.7. The zero-order valence-corrected chi connectivity index (χ0v) is 17.0. The first-order valence-electron chi connectivity index (χ1n) is 7.50. The summed E-state index contributed by atoms with van der Waals surface area (Å²) in [6.45, 7) is 7.70. The number of rotatable bonds is 4. The second-order valence-corrected chi connectivity index (χ2v) is 4.43. The maximum absolute atomic E-state index is 9.00. The number of unbranched alkanes of at least 4 members (excludes halogenated alkanes) is 2. The van der Waals surface area contributed by atoms with E-state index in [1.54, 1.807) is 0 Å². The summed E-state index contributed by atoms with van der Waals surface area (Å²) in [7, 11) is 0. The van der Waals surface area contributed by atoms with Crippen LogP contribution in [0.4, 0.5) is 0 Å². The molecular weight excluding hydrogens is 372 g/mol. The highest BCUT2D eigenvalue weighted by Gasteiger charge is 1.76. The predicted molar refractivity (Wildman–Crippen MR) is 102 cm³/mol. The van der Waals surface area contributed by atoms with E-state index in [0.29, 0.717) is 13.1 Å². The molecule has 0 saturated carbocycles. The fourth-order valence-corrected chi connectivity index (χ4v) is 0.533. The highest BCUT2D eigenvalue weighted by molar-refractivity contribution is 6.17. The molecule has 0 radical (unpaired) electrons. The average Bonchev–Trinajstić information content (AvgIpc) is 2.43. The molecule has 0 spiro atoms. The van der Waals surface area contributed by atoms with Gasteiger partial charge in [0.05, 0.1) is 0 Å². The van der Waals surface area contributed by atoms with Crippen LogP contribution in [0.25, 0.3) is 0 Å². The van der Waals surface area contributed by atoms with Crippen molar-refractivity contribution in [3.63, 3.8) is 0 Å². The van der Waals surface area contributed by atoms with Gasteiger partial charge in [-0.15, -0.1) is 11.6 Å². The van der Waals surface area contributed by atoms with Crippen molar-refractivity contribution in [2.45, 2.75) is 53.9 Å². The van der Waals surface area contributed by atoms with Gasteiger partial charge >= 0.3 is 0 Å². The molecule has 0 aromatic heterocycles. The van der Waals surface area contributed by atoms with Crippen LogP contribution in [0.1, 0.15) is 53.9 Å². The SMILES string of the molecule is CC(=O)O.CC(=O)O.CC(=O)O.CC(=O)O.CCCCCCl.NCCN. The lowest BCUT2D eigenvalue weighted by molar-refractivity contribution is -0.135. The molecule has 0 aromatic rings. The highest BCUT2D eigenvalue weighted by atomic mass is 35.5. The van der Waals surface area contributed by atoms with Crippen molar-refractivity contribution in [2.75, 3.05) is 19.0 Å². The van der Waals surface area contributed by atoms with E-state index in [1.807, 2.05) is 0 Å². The number of aliphatic carboxylic acids is 4. The van der Waals surface area contributed by atoms with Crippen molar-refractivity contribution in [1.82, 2.24) is 0 Å². The van der Waals surface area contributed by atoms with Crippen LogP contribution in [0, 0.1) is 0 Å². The minimum Gasteiger partial charge on any atom is -0.481 e. The third-order valence-electron chi connectivity index (χ3n) is 0.904. The molecule has 0 aliphatic rings. The monoisotopic (exact) mass is 406 g/mol. The Morgan fingerprint density at radius 1 is 0.692 bits per heavy atom. The van der Waals surface area contributed by atoms with Gasteiger partial charge in [-0.2, -0.15) is 0 Å². The number of nitrogens with two attached hydrogens (primary N) is 2. The predicted octanol–water partition coefficient (Wildman–Crippen LogP) is 1.68. The van der Waals surface area contributed by atoms with E-state index in [1.165, 1.54) is 19.3 Å². The Hall–Kier alpha value is -1.91. The van der Waals surface area contributed by atoms with Gasteiger partial charge in [0.25, 0.3) is 23.9 Å². The normalized spacial score (nSPS) is 7.08. The van der Waals surface area contributed by atoms with Gasteiger partial charge in [0, 0.05) is 46.7 Å². The summed E-state index contributed by atoms with van der Waals surface area (Å²) in [5.74, 6) is -2.51. The van der Waals surface area contributed by atoms with Crippen LogP contribution in [0.5, 0.6) is 0 Å². The molecule has 0 fully saturated rings. The van der Waals surface area contributed by atoms with Crippen molar-refractivity contribution in [3.8, 4) is 0 Å². The van der Waals surface area contributed by atoms with E-state index >= 15 is 0 Å². The van der Waals surface area contributed by atoms with Gasteiger partial charge < -0.3 is 31.9 Å². The molecule has 0 aliphatic carbocycles. The second-order valence-electron chi connectivity index (χ2n) is 4.05. The van der Waals surface area contributed by atoms with E-state index < -0.39 is 23.9 Å². The first kappa shape index (κ1) is 39.2. The highest BCUT2D eigenvalue weighted by Crippen LogP contribution is 1.93. The number of carboxylic acids is 4. The molecule has 11 heteroatoms. The van der Waals surface area contributed by atoms with Crippen LogP contribution in [0.2, 0.25) is 0 Å². The second kappa shape index (κ2) is 43.5. The third-order valence-corrected chi connectivity index (χ3v) is 1.17. The molecular formula is C15H35ClN2O8. The smallest absolute Gasteiger partial charge is 0.300 e. The summed E-state index contributed by atoms with van der Waals surface area (Å²) in [6.07, 6.45) is 3.73. The fraction of sp³-hybridized carbons (Fsp3) is 0.733. The lowest BCUT2D eigenvalue weighted by Crippen LogP contribution is -2.11. The number of hydrogen-bond donors (Lipinski definition) is 6. The van der Waals surface area contributed by atoms with Crippen molar-refractivity contribution in [1.29, 1.82) is 0 Å². The van der Waals surface area contributed by atoms with Gasteiger partial charge in [0.15, 0.2) is 0 Å². The zero-order valence-electron chi connectivity index (χ0n) is 16.2. The quantitative estimate of drug-likeness (QED) is 0.294. The van der Waals surface area contributed by atoms with Gasteiger partial charge in [0.1, 0.15) is 0 Å². The molecule has 0 rings (SSSR count).